The van der Waals surface area contributed by atoms with Crippen molar-refractivity contribution >= 4 is 11.6 Å². The largest absolute Gasteiger partial charge is 0.496 e. The fourth-order valence-electron chi connectivity index (χ4n) is 4.27. The number of ketones is 2. The summed E-state index contributed by atoms with van der Waals surface area (Å²) in [6.45, 7) is 3.92. The second-order valence-electron chi connectivity index (χ2n) is 8.99. The fourth-order valence-corrected chi connectivity index (χ4v) is 4.27. The fraction of sp³-hybridized carbons (Fsp3) is 0.0857. The molecule has 188 valence electrons. The Morgan fingerprint density at radius 1 is 0.553 bits per heavy atom. The van der Waals surface area contributed by atoms with Crippen LogP contribution in [0.4, 0.5) is 0 Å². The summed E-state index contributed by atoms with van der Waals surface area (Å²) in [5.41, 5.74) is 6.97. The Kier molecular flexibility index (Phi) is 8.63. The SMILES string of the molecule is COc1ccc(C(=O)c2cccc(C)c2)cc1C.O=C(c1ccccc1)c1ccccc1-c1ccccc1. The molecule has 0 aliphatic carbocycles. The first-order chi connectivity index (χ1) is 18.5. The number of ether oxygens (including phenoxy) is 1. The van der Waals surface area contributed by atoms with E-state index in [0.717, 1.165) is 44.7 Å². The maximum atomic E-state index is 12.6. The van der Waals surface area contributed by atoms with Crippen LogP contribution >= 0.6 is 0 Å². The molecule has 0 saturated carbocycles. The van der Waals surface area contributed by atoms with Crippen LogP contribution in [0.15, 0.2) is 127 Å². The van der Waals surface area contributed by atoms with E-state index >= 15 is 0 Å². The number of hydrogen-bond donors (Lipinski definition) is 0. The monoisotopic (exact) mass is 498 g/mol. The van der Waals surface area contributed by atoms with Crippen molar-refractivity contribution in [2.75, 3.05) is 7.11 Å². The van der Waals surface area contributed by atoms with Gasteiger partial charge in [0.05, 0.1) is 7.11 Å². The number of hydrogen-bond acceptors (Lipinski definition) is 3. The summed E-state index contributed by atoms with van der Waals surface area (Å²) in [4.78, 5) is 25.0. The van der Waals surface area contributed by atoms with Gasteiger partial charge in [0.25, 0.3) is 0 Å². The molecule has 0 fully saturated rings. The number of methoxy groups -OCH3 is 1. The molecule has 5 aromatic carbocycles. The molecule has 0 unspecified atom stereocenters. The van der Waals surface area contributed by atoms with Crippen molar-refractivity contribution in [3.05, 3.63) is 161 Å². The van der Waals surface area contributed by atoms with Crippen molar-refractivity contribution in [2.24, 2.45) is 0 Å². The second kappa shape index (κ2) is 12.5. The number of aryl methyl sites for hydroxylation is 2. The lowest BCUT2D eigenvalue weighted by Gasteiger charge is -2.09. The molecular formula is C35H30O3. The van der Waals surface area contributed by atoms with Crippen molar-refractivity contribution in [3.8, 4) is 16.9 Å². The van der Waals surface area contributed by atoms with E-state index in [1.807, 2.05) is 135 Å². The predicted molar refractivity (Wildman–Crippen MR) is 154 cm³/mol. The molecule has 0 spiro atoms. The molecule has 0 saturated heterocycles. The highest BCUT2D eigenvalue weighted by Gasteiger charge is 2.14. The molecule has 0 bridgehead atoms. The zero-order chi connectivity index (χ0) is 26.9. The third-order valence-electron chi connectivity index (χ3n) is 6.23. The van der Waals surface area contributed by atoms with Crippen LogP contribution in [0.2, 0.25) is 0 Å². The van der Waals surface area contributed by atoms with Gasteiger partial charge in [0.1, 0.15) is 5.75 Å². The Morgan fingerprint density at radius 3 is 1.82 bits per heavy atom. The quantitative estimate of drug-likeness (QED) is 0.222. The Bertz CT molecular complexity index is 1540. The molecule has 0 heterocycles. The van der Waals surface area contributed by atoms with Crippen LogP contribution in [0.5, 0.6) is 5.75 Å². The van der Waals surface area contributed by atoms with E-state index in [2.05, 4.69) is 0 Å². The van der Waals surface area contributed by atoms with Crippen LogP contribution in [0.3, 0.4) is 0 Å². The second-order valence-corrected chi connectivity index (χ2v) is 8.99. The van der Waals surface area contributed by atoms with Crippen LogP contribution in [0, 0.1) is 13.8 Å². The van der Waals surface area contributed by atoms with Gasteiger partial charge in [-0.3, -0.25) is 9.59 Å². The van der Waals surface area contributed by atoms with E-state index in [1.165, 1.54) is 0 Å². The molecule has 0 atom stereocenters. The Labute approximate surface area is 224 Å². The van der Waals surface area contributed by atoms with E-state index < -0.39 is 0 Å². The first-order valence-corrected chi connectivity index (χ1v) is 12.5. The zero-order valence-electron chi connectivity index (χ0n) is 21.8. The van der Waals surface area contributed by atoms with Crippen LogP contribution < -0.4 is 4.74 Å². The molecular weight excluding hydrogens is 468 g/mol. The van der Waals surface area contributed by atoms with Crippen molar-refractivity contribution in [3.63, 3.8) is 0 Å². The van der Waals surface area contributed by atoms with Gasteiger partial charge >= 0.3 is 0 Å². The molecule has 0 N–H and O–H groups in total. The van der Waals surface area contributed by atoms with Gasteiger partial charge in [-0.1, -0.05) is 109 Å². The van der Waals surface area contributed by atoms with Crippen LogP contribution in [-0.2, 0) is 0 Å². The first-order valence-electron chi connectivity index (χ1n) is 12.5. The summed E-state index contributed by atoms with van der Waals surface area (Å²) in [6, 6.07) is 40.3. The van der Waals surface area contributed by atoms with Crippen LogP contribution in [0.1, 0.15) is 43.0 Å². The van der Waals surface area contributed by atoms with Crippen molar-refractivity contribution in [2.45, 2.75) is 13.8 Å². The number of rotatable bonds is 6. The van der Waals surface area contributed by atoms with E-state index in [1.54, 1.807) is 13.2 Å². The van der Waals surface area contributed by atoms with Crippen molar-refractivity contribution in [1.29, 1.82) is 0 Å². The minimum absolute atomic E-state index is 0.0458. The molecule has 5 rings (SSSR count). The molecule has 3 nitrogen and oxygen atoms in total. The van der Waals surface area contributed by atoms with Gasteiger partial charge in [0, 0.05) is 22.3 Å². The summed E-state index contributed by atoms with van der Waals surface area (Å²) < 4.78 is 5.19. The molecule has 3 heteroatoms. The molecule has 0 radical (unpaired) electrons. The minimum Gasteiger partial charge on any atom is -0.496 e. The number of carbonyl (C=O) groups excluding carboxylic acids is 2. The summed E-state index contributed by atoms with van der Waals surface area (Å²) in [6.07, 6.45) is 0. The predicted octanol–water partition coefficient (Wildman–Crippen LogP) is 8.13. The van der Waals surface area contributed by atoms with Crippen molar-refractivity contribution < 1.29 is 14.3 Å². The summed E-state index contributed by atoms with van der Waals surface area (Å²) >= 11 is 0. The minimum atomic E-state index is 0.0458. The lowest BCUT2D eigenvalue weighted by atomic mass is 9.94. The van der Waals surface area contributed by atoms with Crippen molar-refractivity contribution in [1.82, 2.24) is 0 Å². The lowest BCUT2D eigenvalue weighted by Crippen LogP contribution is -2.03. The molecule has 0 amide bonds. The van der Waals surface area contributed by atoms with Gasteiger partial charge in [-0.25, -0.2) is 0 Å². The zero-order valence-corrected chi connectivity index (χ0v) is 21.8. The molecule has 0 aliphatic rings. The molecule has 0 aliphatic heterocycles. The first kappa shape index (κ1) is 26.3. The van der Waals surface area contributed by atoms with E-state index in [4.69, 9.17) is 4.74 Å². The van der Waals surface area contributed by atoms with Gasteiger partial charge in [0.2, 0.25) is 0 Å². The Morgan fingerprint density at radius 2 is 1.16 bits per heavy atom. The van der Waals surface area contributed by atoms with Gasteiger partial charge in [0.15, 0.2) is 11.6 Å². The average molecular weight is 499 g/mol. The van der Waals surface area contributed by atoms with E-state index in [0.29, 0.717) is 5.56 Å². The van der Waals surface area contributed by atoms with E-state index in [9.17, 15) is 9.59 Å². The standard InChI is InChI=1S/C19H14O.C16H16O2/c20-19(16-11-5-2-6-12-16)18-14-8-7-13-17(18)15-9-3-1-4-10-15;1-11-5-4-6-13(9-11)16(17)14-7-8-15(18-3)12(2)10-14/h1-14H;4-10H,1-3H3. The Hall–Kier alpha value is -4.76. The summed E-state index contributed by atoms with van der Waals surface area (Å²) in [7, 11) is 1.63. The highest BCUT2D eigenvalue weighted by atomic mass is 16.5. The average Bonchev–Trinajstić information content (AvgIpc) is 2.97. The maximum absolute atomic E-state index is 12.6. The van der Waals surface area contributed by atoms with Crippen LogP contribution in [-0.4, -0.2) is 18.7 Å². The highest BCUT2D eigenvalue weighted by Crippen LogP contribution is 2.25. The lowest BCUT2D eigenvalue weighted by molar-refractivity contribution is 0.103. The van der Waals surface area contributed by atoms with Gasteiger partial charge in [-0.15, -0.1) is 0 Å². The van der Waals surface area contributed by atoms with Gasteiger partial charge in [-0.2, -0.15) is 0 Å². The highest BCUT2D eigenvalue weighted by molar-refractivity contribution is 6.12. The molecule has 0 aromatic heterocycles. The normalized spacial score (nSPS) is 10.2. The summed E-state index contributed by atoms with van der Waals surface area (Å²) in [5.74, 6) is 0.908. The van der Waals surface area contributed by atoms with Gasteiger partial charge in [-0.05, 0) is 54.8 Å². The smallest absolute Gasteiger partial charge is 0.193 e. The number of benzene rings is 5. The molecule has 38 heavy (non-hydrogen) atoms. The maximum Gasteiger partial charge on any atom is 0.193 e. The van der Waals surface area contributed by atoms with E-state index in [-0.39, 0.29) is 11.6 Å². The van der Waals surface area contributed by atoms with Crippen LogP contribution in [0.25, 0.3) is 11.1 Å². The third-order valence-corrected chi connectivity index (χ3v) is 6.23. The molecule has 5 aromatic rings. The summed E-state index contributed by atoms with van der Waals surface area (Å²) in [5, 5.41) is 0. The third kappa shape index (κ3) is 6.32. The van der Waals surface area contributed by atoms with Gasteiger partial charge < -0.3 is 4.74 Å². The Balaban J connectivity index is 0.000000178. The number of carbonyl (C=O) groups is 2. The topological polar surface area (TPSA) is 43.4 Å².